The molecule has 0 aliphatic heterocycles. The molecule has 4 aliphatic rings. The summed E-state index contributed by atoms with van der Waals surface area (Å²) in [6, 6.07) is 7.83. The molecule has 6 rings (SSSR count). The third-order valence-corrected chi connectivity index (χ3v) is 7.87. The minimum absolute atomic E-state index is 0.0252. The first-order chi connectivity index (χ1) is 12.6. The normalized spacial score (nSPS) is 32.0. The van der Waals surface area contributed by atoms with Crippen LogP contribution in [-0.2, 0) is 0 Å². The molecule has 1 N–H and O–H groups in total. The number of carbonyl (C=O) groups is 1. The summed E-state index contributed by atoms with van der Waals surface area (Å²) in [5.41, 5.74) is 3.14. The zero-order chi connectivity index (χ0) is 17.7. The number of thiophene rings is 1. The van der Waals surface area contributed by atoms with Gasteiger partial charge in [-0.05, 0) is 102 Å². The number of halogens is 1. The van der Waals surface area contributed by atoms with E-state index in [0.29, 0.717) is 16.0 Å². The summed E-state index contributed by atoms with van der Waals surface area (Å²) in [4.78, 5) is 12.9. The topological polar surface area (TPSA) is 29.1 Å². The van der Waals surface area contributed by atoms with Crippen LogP contribution in [0, 0.1) is 23.2 Å². The standard InChI is InChI=1S/C22H24ClNOS/c23-20-2-1-17(18-3-4-26-12-18)8-19(20)21(25)24-13-22-9-14-5-15(10-22)7-16(6-14)11-22/h1-4,8,12,14-16H,5-7,9-11,13H2,(H,24,25). The van der Waals surface area contributed by atoms with Crippen LogP contribution < -0.4 is 5.32 Å². The van der Waals surface area contributed by atoms with Crippen molar-refractivity contribution in [3.05, 3.63) is 45.6 Å². The van der Waals surface area contributed by atoms with Gasteiger partial charge in [-0.25, -0.2) is 0 Å². The summed E-state index contributed by atoms with van der Waals surface area (Å²) >= 11 is 8.01. The molecule has 0 radical (unpaired) electrons. The Hall–Kier alpha value is -1.32. The maximum absolute atomic E-state index is 12.9. The molecule has 2 nitrogen and oxygen atoms in total. The Balaban J connectivity index is 1.32. The summed E-state index contributed by atoms with van der Waals surface area (Å²) < 4.78 is 0. The van der Waals surface area contributed by atoms with Gasteiger partial charge < -0.3 is 5.32 Å². The van der Waals surface area contributed by atoms with Crippen LogP contribution in [0.1, 0.15) is 48.9 Å². The van der Waals surface area contributed by atoms with Crippen LogP contribution in [0.3, 0.4) is 0 Å². The number of nitrogens with one attached hydrogen (secondary N) is 1. The van der Waals surface area contributed by atoms with Gasteiger partial charge in [0, 0.05) is 6.54 Å². The van der Waals surface area contributed by atoms with E-state index in [-0.39, 0.29) is 5.91 Å². The summed E-state index contributed by atoms with van der Waals surface area (Å²) in [5, 5.41) is 7.93. The highest BCUT2D eigenvalue weighted by molar-refractivity contribution is 7.08. The molecule has 4 bridgehead atoms. The molecule has 0 saturated heterocycles. The van der Waals surface area contributed by atoms with Crippen LogP contribution in [0.2, 0.25) is 5.02 Å². The fraction of sp³-hybridized carbons (Fsp3) is 0.500. The van der Waals surface area contributed by atoms with E-state index in [0.717, 1.165) is 35.4 Å². The lowest BCUT2D eigenvalue weighted by atomic mass is 9.49. The van der Waals surface area contributed by atoms with Gasteiger partial charge in [-0.1, -0.05) is 17.7 Å². The maximum atomic E-state index is 12.9. The highest BCUT2D eigenvalue weighted by Crippen LogP contribution is 2.59. The SMILES string of the molecule is O=C(NCC12CC3CC(CC(C3)C1)C2)c1cc(-c2ccsc2)ccc1Cl. The smallest absolute Gasteiger partial charge is 0.252 e. The van der Waals surface area contributed by atoms with Gasteiger partial charge in [-0.2, -0.15) is 11.3 Å². The molecule has 1 heterocycles. The largest absolute Gasteiger partial charge is 0.351 e. The van der Waals surface area contributed by atoms with Gasteiger partial charge in [0.15, 0.2) is 0 Å². The van der Waals surface area contributed by atoms with Gasteiger partial charge in [0.1, 0.15) is 0 Å². The van der Waals surface area contributed by atoms with E-state index < -0.39 is 0 Å². The average molecular weight is 386 g/mol. The van der Waals surface area contributed by atoms with Crippen LogP contribution in [0.15, 0.2) is 35.0 Å². The lowest BCUT2D eigenvalue weighted by molar-refractivity contribution is -0.0503. The third-order valence-electron chi connectivity index (χ3n) is 6.85. The molecule has 4 saturated carbocycles. The highest BCUT2D eigenvalue weighted by Gasteiger charge is 2.50. The molecule has 4 heteroatoms. The monoisotopic (exact) mass is 385 g/mol. The third kappa shape index (κ3) is 2.99. The van der Waals surface area contributed by atoms with E-state index in [9.17, 15) is 4.79 Å². The number of benzene rings is 1. The van der Waals surface area contributed by atoms with Crippen molar-refractivity contribution in [3.63, 3.8) is 0 Å². The Labute approximate surface area is 164 Å². The molecular weight excluding hydrogens is 362 g/mol. The first-order valence-corrected chi connectivity index (χ1v) is 11.0. The van der Waals surface area contributed by atoms with Crippen molar-refractivity contribution in [2.75, 3.05) is 6.54 Å². The lowest BCUT2D eigenvalue weighted by Crippen LogP contribution is -2.51. The Morgan fingerprint density at radius 3 is 2.38 bits per heavy atom. The Morgan fingerprint density at radius 1 is 1.08 bits per heavy atom. The first-order valence-electron chi connectivity index (χ1n) is 9.71. The molecule has 4 aliphatic carbocycles. The highest BCUT2D eigenvalue weighted by atomic mass is 35.5. The second-order valence-electron chi connectivity index (χ2n) is 8.81. The second kappa shape index (κ2) is 6.38. The van der Waals surface area contributed by atoms with Crippen LogP contribution in [-0.4, -0.2) is 12.5 Å². The van der Waals surface area contributed by atoms with Crippen molar-refractivity contribution in [2.45, 2.75) is 38.5 Å². The van der Waals surface area contributed by atoms with Crippen molar-refractivity contribution in [1.29, 1.82) is 0 Å². The Kier molecular flexibility index (Phi) is 4.13. The number of amides is 1. The van der Waals surface area contributed by atoms with Crippen LogP contribution in [0.25, 0.3) is 11.1 Å². The molecule has 0 spiro atoms. The minimum atomic E-state index is -0.0252. The van der Waals surface area contributed by atoms with Crippen molar-refractivity contribution >= 4 is 28.8 Å². The quantitative estimate of drug-likeness (QED) is 0.685. The van der Waals surface area contributed by atoms with Gasteiger partial charge in [-0.3, -0.25) is 4.79 Å². The Bertz CT molecular complexity index is 793. The molecule has 2 aromatic rings. The van der Waals surface area contributed by atoms with Gasteiger partial charge in [0.25, 0.3) is 5.91 Å². The number of rotatable bonds is 4. The summed E-state index contributed by atoms with van der Waals surface area (Å²) in [5.74, 6) is 2.69. The van der Waals surface area contributed by atoms with Gasteiger partial charge >= 0.3 is 0 Å². The summed E-state index contributed by atoms with van der Waals surface area (Å²) in [7, 11) is 0. The number of carbonyl (C=O) groups excluding carboxylic acids is 1. The van der Waals surface area contributed by atoms with E-state index in [4.69, 9.17) is 11.6 Å². The van der Waals surface area contributed by atoms with E-state index in [1.165, 1.54) is 38.5 Å². The first kappa shape index (κ1) is 16.8. The van der Waals surface area contributed by atoms with Crippen LogP contribution >= 0.6 is 22.9 Å². The van der Waals surface area contributed by atoms with Crippen molar-refractivity contribution < 1.29 is 4.79 Å². The second-order valence-corrected chi connectivity index (χ2v) is 9.99. The van der Waals surface area contributed by atoms with E-state index >= 15 is 0 Å². The fourth-order valence-electron chi connectivity index (χ4n) is 6.18. The summed E-state index contributed by atoms with van der Waals surface area (Å²) in [6.07, 6.45) is 8.22. The van der Waals surface area contributed by atoms with Crippen LogP contribution in [0.5, 0.6) is 0 Å². The van der Waals surface area contributed by atoms with Gasteiger partial charge in [0.2, 0.25) is 0 Å². The molecule has 4 fully saturated rings. The molecule has 1 aromatic heterocycles. The van der Waals surface area contributed by atoms with Crippen molar-refractivity contribution in [2.24, 2.45) is 23.2 Å². The van der Waals surface area contributed by atoms with E-state index in [2.05, 4.69) is 22.1 Å². The fourth-order valence-corrected chi connectivity index (χ4v) is 7.05. The summed E-state index contributed by atoms with van der Waals surface area (Å²) in [6.45, 7) is 0.814. The van der Waals surface area contributed by atoms with Crippen molar-refractivity contribution in [3.8, 4) is 11.1 Å². The number of hydrogen-bond donors (Lipinski definition) is 1. The van der Waals surface area contributed by atoms with Gasteiger partial charge in [-0.15, -0.1) is 0 Å². The van der Waals surface area contributed by atoms with Crippen molar-refractivity contribution in [1.82, 2.24) is 5.32 Å². The van der Waals surface area contributed by atoms with E-state index in [1.807, 2.05) is 18.2 Å². The molecule has 26 heavy (non-hydrogen) atoms. The molecule has 136 valence electrons. The average Bonchev–Trinajstić information content (AvgIpc) is 3.14. The zero-order valence-electron chi connectivity index (χ0n) is 14.8. The molecule has 1 amide bonds. The molecule has 1 aromatic carbocycles. The minimum Gasteiger partial charge on any atom is -0.351 e. The molecular formula is C22H24ClNOS. The lowest BCUT2D eigenvalue weighted by Gasteiger charge is -2.56. The predicted molar refractivity (Wildman–Crippen MR) is 108 cm³/mol. The zero-order valence-corrected chi connectivity index (χ0v) is 16.4. The van der Waals surface area contributed by atoms with E-state index in [1.54, 1.807) is 11.3 Å². The predicted octanol–water partition coefficient (Wildman–Crippen LogP) is 6.01. The van der Waals surface area contributed by atoms with Gasteiger partial charge in [0.05, 0.1) is 10.6 Å². The molecule has 0 unspecified atom stereocenters. The maximum Gasteiger partial charge on any atom is 0.252 e. The Morgan fingerprint density at radius 2 is 1.77 bits per heavy atom. The molecule has 0 atom stereocenters. The number of hydrogen-bond acceptors (Lipinski definition) is 2. The van der Waals surface area contributed by atoms with Crippen LogP contribution in [0.4, 0.5) is 0 Å².